The number of H-pyrrole nitrogens is 1. The first-order chi connectivity index (χ1) is 7.29. The van der Waals surface area contributed by atoms with Crippen LogP contribution in [0.5, 0.6) is 0 Å². The predicted molar refractivity (Wildman–Crippen MR) is 59.3 cm³/mol. The molecule has 15 heavy (non-hydrogen) atoms. The second-order valence-corrected chi connectivity index (χ2v) is 3.42. The average molecular weight is 202 g/mol. The zero-order chi connectivity index (χ0) is 10.7. The Hall–Kier alpha value is -1.68. The number of nitrogens with one attached hydrogen (secondary N) is 2. The van der Waals surface area contributed by atoms with Crippen LogP contribution in [0, 0.1) is 6.92 Å². The van der Waals surface area contributed by atoms with Crippen molar-refractivity contribution in [2.75, 3.05) is 7.05 Å². The first-order valence-corrected chi connectivity index (χ1v) is 4.92. The average Bonchev–Trinajstić information content (AvgIpc) is 2.70. The Bertz CT molecular complexity index is 434. The lowest BCUT2D eigenvalue weighted by atomic mass is 10.2. The molecule has 0 atom stereocenters. The molecule has 2 aromatic rings. The van der Waals surface area contributed by atoms with Crippen molar-refractivity contribution in [3.8, 4) is 11.4 Å². The smallest absolute Gasteiger partial charge is 0.143 e. The zero-order valence-electron chi connectivity index (χ0n) is 8.91. The van der Waals surface area contributed by atoms with Gasteiger partial charge in [-0.3, -0.25) is 0 Å². The third-order valence-corrected chi connectivity index (χ3v) is 2.11. The summed E-state index contributed by atoms with van der Waals surface area (Å²) in [6, 6.07) is 5.94. The lowest BCUT2D eigenvalue weighted by Crippen LogP contribution is -2.10. The summed E-state index contributed by atoms with van der Waals surface area (Å²) in [5.74, 6) is 0.821. The first-order valence-electron chi connectivity index (χ1n) is 4.92. The van der Waals surface area contributed by atoms with E-state index in [-0.39, 0.29) is 0 Å². The maximum Gasteiger partial charge on any atom is 0.143 e. The van der Waals surface area contributed by atoms with Crippen LogP contribution in [0.1, 0.15) is 11.5 Å². The van der Waals surface area contributed by atoms with Crippen LogP contribution in [0.3, 0.4) is 0 Å². The summed E-state index contributed by atoms with van der Waals surface area (Å²) in [6.45, 7) is 2.67. The number of aromatic nitrogens is 3. The molecular formula is C11H14N4. The Labute approximate surface area is 88.8 Å². The third-order valence-electron chi connectivity index (χ3n) is 2.11. The molecule has 0 saturated carbocycles. The maximum atomic E-state index is 4.46. The Kier molecular flexibility index (Phi) is 2.78. The van der Waals surface area contributed by atoms with Crippen LogP contribution < -0.4 is 5.32 Å². The minimum absolute atomic E-state index is 0.690. The lowest BCUT2D eigenvalue weighted by molar-refractivity contribution is 0.754. The van der Waals surface area contributed by atoms with E-state index in [0.29, 0.717) is 6.54 Å². The van der Waals surface area contributed by atoms with Gasteiger partial charge in [0.2, 0.25) is 0 Å². The summed E-state index contributed by atoms with van der Waals surface area (Å²) < 4.78 is 0. The monoisotopic (exact) mass is 202 g/mol. The molecule has 0 amide bonds. The fraction of sp³-hybridized carbons (Fsp3) is 0.273. The number of rotatable bonds is 3. The van der Waals surface area contributed by atoms with Crippen LogP contribution in [0.25, 0.3) is 11.4 Å². The van der Waals surface area contributed by atoms with E-state index in [9.17, 15) is 0 Å². The molecule has 78 valence electrons. The molecule has 0 saturated heterocycles. The van der Waals surface area contributed by atoms with Gasteiger partial charge in [-0.2, -0.15) is 0 Å². The van der Waals surface area contributed by atoms with E-state index in [0.717, 1.165) is 22.9 Å². The minimum Gasteiger partial charge on any atom is -0.360 e. The molecular weight excluding hydrogens is 188 g/mol. The highest BCUT2D eigenvalue weighted by molar-refractivity contribution is 5.54. The molecule has 0 fully saturated rings. The van der Waals surface area contributed by atoms with E-state index >= 15 is 0 Å². The van der Waals surface area contributed by atoms with E-state index in [1.807, 2.05) is 38.4 Å². The number of nitrogens with zero attached hydrogens (tertiary/aromatic N) is 2. The minimum atomic E-state index is 0.690. The van der Waals surface area contributed by atoms with Crippen molar-refractivity contribution in [2.24, 2.45) is 0 Å². The van der Waals surface area contributed by atoms with E-state index in [1.165, 1.54) is 0 Å². The van der Waals surface area contributed by atoms with Crippen LogP contribution in [0.15, 0.2) is 24.4 Å². The van der Waals surface area contributed by atoms with Gasteiger partial charge in [0.05, 0.1) is 17.9 Å². The highest BCUT2D eigenvalue weighted by Gasteiger charge is 2.04. The molecule has 2 heterocycles. The largest absolute Gasteiger partial charge is 0.360 e. The number of aryl methyl sites for hydroxylation is 1. The van der Waals surface area contributed by atoms with Gasteiger partial charge < -0.3 is 10.3 Å². The van der Waals surface area contributed by atoms with Gasteiger partial charge in [-0.1, -0.05) is 0 Å². The molecule has 0 bridgehead atoms. The summed E-state index contributed by atoms with van der Waals surface area (Å²) in [4.78, 5) is 11.9. The van der Waals surface area contributed by atoms with E-state index in [2.05, 4.69) is 20.3 Å². The standard InChI is InChI=1S/C11H14N4/c1-8-6-10(9-4-3-5-13-9)15-11(14-8)7-12-2/h3-6,12-13H,7H2,1-2H3. The topological polar surface area (TPSA) is 53.6 Å². The summed E-state index contributed by atoms with van der Waals surface area (Å²) in [6.07, 6.45) is 1.89. The highest BCUT2D eigenvalue weighted by Crippen LogP contribution is 2.14. The molecule has 0 radical (unpaired) electrons. The third kappa shape index (κ3) is 2.22. The predicted octanol–water partition coefficient (Wildman–Crippen LogP) is 1.50. The summed E-state index contributed by atoms with van der Waals surface area (Å²) in [5.41, 5.74) is 2.95. The van der Waals surface area contributed by atoms with E-state index in [4.69, 9.17) is 0 Å². The van der Waals surface area contributed by atoms with Crippen molar-refractivity contribution in [1.82, 2.24) is 20.3 Å². The molecule has 2 N–H and O–H groups in total. The highest BCUT2D eigenvalue weighted by atomic mass is 15.0. The van der Waals surface area contributed by atoms with Crippen LogP contribution in [-0.4, -0.2) is 22.0 Å². The fourth-order valence-corrected chi connectivity index (χ4v) is 1.49. The molecule has 0 aliphatic rings. The molecule has 0 aromatic carbocycles. The Balaban J connectivity index is 2.40. The molecule has 4 heteroatoms. The summed E-state index contributed by atoms with van der Waals surface area (Å²) in [5, 5.41) is 3.05. The number of hydrogen-bond donors (Lipinski definition) is 2. The van der Waals surface area contributed by atoms with Gasteiger partial charge in [-0.05, 0) is 32.2 Å². The van der Waals surface area contributed by atoms with Gasteiger partial charge >= 0.3 is 0 Å². The molecule has 2 aromatic heterocycles. The van der Waals surface area contributed by atoms with Crippen molar-refractivity contribution in [3.05, 3.63) is 35.9 Å². The quantitative estimate of drug-likeness (QED) is 0.793. The first kappa shape index (κ1) is 9.86. The second kappa shape index (κ2) is 4.23. The van der Waals surface area contributed by atoms with E-state index < -0.39 is 0 Å². The Morgan fingerprint density at radius 2 is 2.27 bits per heavy atom. The van der Waals surface area contributed by atoms with Gasteiger partial charge in [-0.15, -0.1) is 0 Å². The normalized spacial score (nSPS) is 10.5. The van der Waals surface area contributed by atoms with Gasteiger partial charge in [0.25, 0.3) is 0 Å². The van der Waals surface area contributed by atoms with Gasteiger partial charge in [0.15, 0.2) is 0 Å². The van der Waals surface area contributed by atoms with Crippen LogP contribution in [0.2, 0.25) is 0 Å². The SMILES string of the molecule is CNCc1nc(C)cc(-c2ccc[nH]2)n1. The number of aromatic amines is 1. The van der Waals surface area contributed by atoms with Crippen molar-refractivity contribution < 1.29 is 0 Å². The van der Waals surface area contributed by atoms with Crippen molar-refractivity contribution in [2.45, 2.75) is 13.5 Å². The number of hydrogen-bond acceptors (Lipinski definition) is 3. The van der Waals surface area contributed by atoms with Crippen molar-refractivity contribution in [1.29, 1.82) is 0 Å². The van der Waals surface area contributed by atoms with Crippen LogP contribution >= 0.6 is 0 Å². The Morgan fingerprint density at radius 1 is 1.40 bits per heavy atom. The fourth-order valence-electron chi connectivity index (χ4n) is 1.49. The van der Waals surface area contributed by atoms with Crippen LogP contribution in [-0.2, 0) is 6.54 Å². The maximum absolute atomic E-state index is 4.46. The summed E-state index contributed by atoms with van der Waals surface area (Å²) >= 11 is 0. The van der Waals surface area contributed by atoms with Gasteiger partial charge in [0, 0.05) is 11.9 Å². The van der Waals surface area contributed by atoms with Crippen LogP contribution in [0.4, 0.5) is 0 Å². The molecule has 0 aliphatic carbocycles. The summed E-state index contributed by atoms with van der Waals surface area (Å²) in [7, 11) is 1.89. The molecule has 0 aliphatic heterocycles. The molecule has 0 spiro atoms. The second-order valence-electron chi connectivity index (χ2n) is 3.42. The molecule has 0 unspecified atom stereocenters. The van der Waals surface area contributed by atoms with Gasteiger partial charge in [0.1, 0.15) is 5.82 Å². The zero-order valence-corrected chi connectivity index (χ0v) is 8.91. The Morgan fingerprint density at radius 3 is 2.93 bits per heavy atom. The van der Waals surface area contributed by atoms with Crippen molar-refractivity contribution in [3.63, 3.8) is 0 Å². The lowest BCUT2D eigenvalue weighted by Gasteiger charge is -2.04. The molecule has 4 nitrogen and oxygen atoms in total. The van der Waals surface area contributed by atoms with E-state index in [1.54, 1.807) is 0 Å². The van der Waals surface area contributed by atoms with Gasteiger partial charge in [-0.25, -0.2) is 9.97 Å². The van der Waals surface area contributed by atoms with Crippen molar-refractivity contribution >= 4 is 0 Å². The molecule has 2 rings (SSSR count).